The highest BCUT2D eigenvalue weighted by Gasteiger charge is 2.25. The Hall–Kier alpha value is -3.00. The molecule has 1 unspecified atom stereocenters. The Bertz CT molecular complexity index is 1150. The summed E-state index contributed by atoms with van der Waals surface area (Å²) in [4.78, 5) is 24.3. The molecule has 4 rings (SSSR count). The normalized spacial score (nSPS) is 15.7. The van der Waals surface area contributed by atoms with Gasteiger partial charge in [0.05, 0.1) is 43.1 Å². The summed E-state index contributed by atoms with van der Waals surface area (Å²) in [6.45, 7) is 8.87. The number of ether oxygens (including phenoxy) is 3. The molecule has 3 aromatic rings. The van der Waals surface area contributed by atoms with Crippen molar-refractivity contribution >= 4 is 33.7 Å². The van der Waals surface area contributed by atoms with Crippen molar-refractivity contribution in [2.24, 2.45) is 4.99 Å². The Morgan fingerprint density at radius 1 is 1.21 bits per heavy atom. The summed E-state index contributed by atoms with van der Waals surface area (Å²) >= 11 is 1.60. The number of benzene rings is 1. The van der Waals surface area contributed by atoms with Gasteiger partial charge in [-0.05, 0) is 51.5 Å². The monoisotopic (exact) mass is 467 g/mol. The Morgan fingerprint density at radius 3 is 2.76 bits per heavy atom. The first-order valence-corrected chi connectivity index (χ1v) is 12.2. The van der Waals surface area contributed by atoms with Crippen molar-refractivity contribution in [2.75, 3.05) is 13.2 Å². The molecular formula is C25H29N3O4S. The molecule has 0 amide bonds. The van der Waals surface area contributed by atoms with Gasteiger partial charge in [0.15, 0.2) is 0 Å². The Morgan fingerprint density at radius 2 is 2.06 bits per heavy atom. The fourth-order valence-corrected chi connectivity index (χ4v) is 4.67. The second kappa shape index (κ2) is 10.3. The molecule has 3 heterocycles. The minimum Gasteiger partial charge on any atom is -0.489 e. The fraction of sp³-hybridized carbons (Fsp3) is 0.400. The van der Waals surface area contributed by atoms with E-state index >= 15 is 0 Å². The molecule has 0 saturated heterocycles. The molecule has 33 heavy (non-hydrogen) atoms. The number of thioether (sulfide) groups is 1. The van der Waals surface area contributed by atoms with Crippen LogP contribution in [0.4, 0.5) is 0 Å². The van der Waals surface area contributed by atoms with Crippen LogP contribution < -0.4 is 9.47 Å². The summed E-state index contributed by atoms with van der Waals surface area (Å²) in [6, 6.07) is 9.81. The van der Waals surface area contributed by atoms with Gasteiger partial charge in [0, 0.05) is 22.4 Å². The Labute approximate surface area is 197 Å². The average molecular weight is 468 g/mol. The van der Waals surface area contributed by atoms with Gasteiger partial charge in [-0.25, -0.2) is 0 Å². The molecule has 2 aromatic heterocycles. The molecule has 7 nitrogen and oxygen atoms in total. The Balaban J connectivity index is 1.58. The van der Waals surface area contributed by atoms with Crippen molar-refractivity contribution in [3.63, 3.8) is 0 Å². The number of aryl methyl sites for hydroxylation is 1. The van der Waals surface area contributed by atoms with E-state index in [0.29, 0.717) is 36.8 Å². The number of carbonyl (C=O) groups is 1. The van der Waals surface area contributed by atoms with Gasteiger partial charge in [-0.2, -0.15) is 0 Å². The number of aromatic amines is 1. The van der Waals surface area contributed by atoms with E-state index < -0.39 is 0 Å². The largest absolute Gasteiger partial charge is 0.489 e. The molecule has 1 aliphatic rings. The van der Waals surface area contributed by atoms with Crippen LogP contribution in [0.5, 0.6) is 17.2 Å². The summed E-state index contributed by atoms with van der Waals surface area (Å²) < 4.78 is 17.2. The maximum atomic E-state index is 11.8. The zero-order chi connectivity index (χ0) is 23.4. The van der Waals surface area contributed by atoms with E-state index in [2.05, 4.69) is 21.9 Å². The molecule has 0 radical (unpaired) electrons. The van der Waals surface area contributed by atoms with E-state index in [0.717, 1.165) is 33.8 Å². The summed E-state index contributed by atoms with van der Waals surface area (Å²) in [5.41, 5.74) is 2.82. The van der Waals surface area contributed by atoms with Crippen LogP contribution in [0.2, 0.25) is 0 Å². The quantitative estimate of drug-likeness (QED) is 0.417. The van der Waals surface area contributed by atoms with Crippen molar-refractivity contribution < 1.29 is 19.0 Å². The smallest absolute Gasteiger partial charge is 0.306 e. The molecule has 0 aliphatic carbocycles. The number of H-pyrrole nitrogens is 1. The van der Waals surface area contributed by atoms with Crippen LogP contribution in [-0.2, 0) is 16.0 Å². The van der Waals surface area contributed by atoms with E-state index in [1.54, 1.807) is 18.0 Å². The molecular weight excluding hydrogens is 438 g/mol. The molecule has 1 N–H and O–H groups in total. The zero-order valence-corrected chi connectivity index (χ0v) is 20.2. The molecule has 1 atom stereocenters. The number of hydrogen-bond acceptors (Lipinski definition) is 7. The predicted octanol–water partition coefficient (Wildman–Crippen LogP) is 5.52. The predicted molar refractivity (Wildman–Crippen MR) is 132 cm³/mol. The van der Waals surface area contributed by atoms with Crippen LogP contribution >= 0.6 is 11.8 Å². The summed E-state index contributed by atoms with van der Waals surface area (Å²) in [5, 5.41) is 1.94. The first-order valence-electron chi connectivity index (χ1n) is 11.3. The van der Waals surface area contributed by atoms with Gasteiger partial charge in [0.2, 0.25) is 0 Å². The van der Waals surface area contributed by atoms with Crippen LogP contribution in [0, 0.1) is 0 Å². The third-order valence-corrected chi connectivity index (χ3v) is 6.29. The molecule has 0 bridgehead atoms. The molecule has 174 valence electrons. The molecule has 1 aromatic carbocycles. The lowest BCUT2D eigenvalue weighted by Crippen LogP contribution is -2.14. The summed E-state index contributed by atoms with van der Waals surface area (Å²) in [7, 11) is 0. The number of pyridine rings is 1. The highest BCUT2D eigenvalue weighted by atomic mass is 32.2. The number of esters is 1. The minimum absolute atomic E-state index is 0.00728. The lowest BCUT2D eigenvalue weighted by molar-refractivity contribution is -0.143. The van der Waals surface area contributed by atoms with Gasteiger partial charge in [0.1, 0.15) is 22.3 Å². The highest BCUT2D eigenvalue weighted by Crippen LogP contribution is 2.36. The maximum Gasteiger partial charge on any atom is 0.306 e. The van der Waals surface area contributed by atoms with Crippen molar-refractivity contribution in [3.8, 4) is 17.2 Å². The number of aliphatic imine (C=N–C) groups is 1. The van der Waals surface area contributed by atoms with E-state index in [-0.39, 0.29) is 17.3 Å². The number of fused-ring (bicyclic) bond motifs is 1. The number of aromatic nitrogens is 2. The van der Waals surface area contributed by atoms with Crippen molar-refractivity contribution in [1.82, 2.24) is 9.97 Å². The first-order chi connectivity index (χ1) is 15.9. The van der Waals surface area contributed by atoms with E-state index in [1.807, 2.05) is 51.1 Å². The fourth-order valence-electron chi connectivity index (χ4n) is 3.60. The van der Waals surface area contributed by atoms with E-state index in [9.17, 15) is 4.79 Å². The lowest BCUT2D eigenvalue weighted by atomic mass is 10.2. The van der Waals surface area contributed by atoms with Crippen molar-refractivity contribution in [3.05, 3.63) is 47.9 Å². The number of nitrogens with one attached hydrogen (secondary N) is 1. The number of carbonyl (C=O) groups excluding carboxylic acids is 1. The van der Waals surface area contributed by atoms with Gasteiger partial charge in [0.25, 0.3) is 0 Å². The molecule has 0 spiro atoms. The highest BCUT2D eigenvalue weighted by molar-refractivity contribution is 8.15. The second-order valence-electron chi connectivity index (χ2n) is 8.07. The van der Waals surface area contributed by atoms with E-state index in [4.69, 9.17) is 14.2 Å². The van der Waals surface area contributed by atoms with Crippen LogP contribution in [0.15, 0.2) is 41.5 Å². The van der Waals surface area contributed by atoms with Gasteiger partial charge >= 0.3 is 5.97 Å². The summed E-state index contributed by atoms with van der Waals surface area (Å²) in [5.74, 6) is 1.89. The van der Waals surface area contributed by atoms with Crippen molar-refractivity contribution in [1.29, 1.82) is 0 Å². The number of hydrogen-bond donors (Lipinski definition) is 1. The molecule has 1 aliphatic heterocycles. The van der Waals surface area contributed by atoms with E-state index in [1.165, 1.54) is 0 Å². The number of nitrogens with zero attached hydrogens (tertiary/aromatic N) is 2. The molecule has 0 saturated carbocycles. The lowest BCUT2D eigenvalue weighted by Gasteiger charge is -2.13. The number of rotatable bonds is 9. The molecule has 0 fully saturated rings. The van der Waals surface area contributed by atoms with Gasteiger partial charge in [-0.1, -0.05) is 18.7 Å². The maximum absolute atomic E-state index is 11.8. The minimum atomic E-state index is -0.182. The van der Waals surface area contributed by atoms with Crippen LogP contribution in [0.25, 0.3) is 10.9 Å². The Kier molecular flexibility index (Phi) is 7.23. The van der Waals surface area contributed by atoms with Gasteiger partial charge in [-0.15, -0.1) is 0 Å². The third-order valence-electron chi connectivity index (χ3n) is 5.07. The van der Waals surface area contributed by atoms with Gasteiger partial charge < -0.3 is 19.2 Å². The van der Waals surface area contributed by atoms with Crippen LogP contribution in [0.3, 0.4) is 0 Å². The summed E-state index contributed by atoms with van der Waals surface area (Å²) in [6.07, 6.45) is 2.99. The second-order valence-corrected chi connectivity index (χ2v) is 9.36. The average Bonchev–Trinajstić information content (AvgIpc) is 3.41. The van der Waals surface area contributed by atoms with Gasteiger partial charge in [-0.3, -0.25) is 14.8 Å². The SMILES string of the molecule is CCOC(=O)CC1CN=C(c2cc3cc(Oc4ccc(CC)nc4)cc(OC(C)C)c3[nH]2)S1. The topological polar surface area (TPSA) is 85.8 Å². The standard InChI is InChI=1S/C25H29N3O4S/c1-5-17-7-8-18(13-26-17)32-19-9-16-10-21(28-24(16)22(11-19)31-15(3)4)25-27-14-20(33-25)12-23(29)30-6-2/h7-11,13,15,20,28H,5-6,12,14H2,1-4H3. The first kappa shape index (κ1) is 23.2. The van der Waals surface area contributed by atoms with Crippen LogP contribution in [-0.4, -0.2) is 45.5 Å². The third kappa shape index (κ3) is 5.68. The molecule has 8 heteroatoms. The van der Waals surface area contributed by atoms with Crippen LogP contribution in [0.1, 0.15) is 45.5 Å². The van der Waals surface area contributed by atoms with Crippen molar-refractivity contribution in [2.45, 2.75) is 51.9 Å². The zero-order valence-electron chi connectivity index (χ0n) is 19.4.